The van der Waals surface area contributed by atoms with E-state index in [1.807, 2.05) is 11.8 Å². The van der Waals surface area contributed by atoms with E-state index in [2.05, 4.69) is 27.1 Å². The first-order valence-corrected chi connectivity index (χ1v) is 8.37. The Morgan fingerprint density at radius 2 is 2.11 bits per heavy atom. The topological polar surface area (TPSA) is 63.0 Å². The fraction of sp³-hybridized carbons (Fsp3) is 0.846. The summed E-state index contributed by atoms with van der Waals surface area (Å²) in [6.45, 7) is 1.61. The van der Waals surface area contributed by atoms with Crippen LogP contribution in [0.2, 0.25) is 0 Å². The molecule has 0 spiro atoms. The summed E-state index contributed by atoms with van der Waals surface area (Å²) >= 11 is 1.96. The molecule has 6 heteroatoms. The van der Waals surface area contributed by atoms with Crippen LogP contribution in [0.3, 0.4) is 0 Å². The van der Waals surface area contributed by atoms with Gasteiger partial charge in [-0.25, -0.2) is 0 Å². The van der Waals surface area contributed by atoms with Gasteiger partial charge in [0, 0.05) is 17.3 Å². The number of rotatable bonds is 7. The molecule has 1 heterocycles. The Morgan fingerprint density at radius 1 is 1.32 bits per heavy atom. The normalized spacial score (nSPS) is 21.7. The van der Waals surface area contributed by atoms with Gasteiger partial charge in [0.15, 0.2) is 0 Å². The van der Waals surface area contributed by atoms with Crippen LogP contribution in [0.15, 0.2) is 4.42 Å². The van der Waals surface area contributed by atoms with Crippen LogP contribution < -0.4 is 10.6 Å². The summed E-state index contributed by atoms with van der Waals surface area (Å²) in [5.41, 5.74) is 0. The first kappa shape index (κ1) is 13.2. The highest BCUT2D eigenvalue weighted by molar-refractivity contribution is 8.00. The lowest BCUT2D eigenvalue weighted by molar-refractivity contribution is 0.473. The number of hydrogen-bond donors (Lipinski definition) is 2. The fourth-order valence-electron chi connectivity index (χ4n) is 2.62. The third-order valence-electron chi connectivity index (χ3n) is 4.10. The Hall–Kier alpha value is -0.750. The minimum absolute atomic E-state index is 0.362. The molecular weight excluding hydrogens is 260 g/mol. The standard InChI is InChI=1S/C13H22N4OS/c1-19-13(6-2-3-7-13)9-15-12-17-16-11(18-12)8-14-10-4-5-10/h10,14H,2-9H2,1H3,(H,15,17). The van der Waals surface area contributed by atoms with Crippen LogP contribution >= 0.6 is 11.8 Å². The molecule has 0 atom stereocenters. The molecule has 2 saturated carbocycles. The van der Waals surface area contributed by atoms with Crippen molar-refractivity contribution >= 4 is 17.8 Å². The molecular formula is C13H22N4OS. The minimum Gasteiger partial charge on any atom is -0.407 e. The monoisotopic (exact) mass is 282 g/mol. The lowest BCUT2D eigenvalue weighted by Crippen LogP contribution is -2.30. The number of hydrogen-bond acceptors (Lipinski definition) is 6. The predicted octanol–water partition coefficient (Wildman–Crippen LogP) is 2.41. The molecule has 1 aromatic heterocycles. The van der Waals surface area contributed by atoms with Crippen LogP contribution in [0, 0.1) is 0 Å². The van der Waals surface area contributed by atoms with Gasteiger partial charge in [-0.2, -0.15) is 11.8 Å². The van der Waals surface area contributed by atoms with Crippen LogP contribution in [0.5, 0.6) is 0 Å². The van der Waals surface area contributed by atoms with Gasteiger partial charge in [-0.05, 0) is 31.9 Å². The summed E-state index contributed by atoms with van der Waals surface area (Å²) in [5, 5.41) is 14.8. The molecule has 0 saturated heterocycles. The quantitative estimate of drug-likeness (QED) is 0.801. The second-order valence-corrected chi connectivity index (χ2v) is 6.88. The Kier molecular flexibility index (Phi) is 3.98. The summed E-state index contributed by atoms with van der Waals surface area (Å²) in [4.78, 5) is 0. The zero-order valence-electron chi connectivity index (χ0n) is 11.4. The van der Waals surface area contributed by atoms with Gasteiger partial charge >= 0.3 is 6.01 Å². The van der Waals surface area contributed by atoms with E-state index in [0.717, 1.165) is 6.54 Å². The zero-order chi connectivity index (χ0) is 13.1. The SMILES string of the molecule is CSC1(CNc2nnc(CNC3CC3)o2)CCCC1. The molecule has 2 aliphatic rings. The van der Waals surface area contributed by atoms with Gasteiger partial charge in [-0.1, -0.05) is 17.9 Å². The van der Waals surface area contributed by atoms with E-state index >= 15 is 0 Å². The number of nitrogens with one attached hydrogen (secondary N) is 2. The average molecular weight is 282 g/mol. The van der Waals surface area contributed by atoms with Crippen molar-refractivity contribution in [2.45, 2.75) is 55.9 Å². The van der Waals surface area contributed by atoms with E-state index in [-0.39, 0.29) is 0 Å². The minimum atomic E-state index is 0.362. The molecule has 0 aliphatic heterocycles. The Balaban J connectivity index is 1.48. The van der Waals surface area contributed by atoms with E-state index in [4.69, 9.17) is 4.42 Å². The van der Waals surface area contributed by atoms with Crippen LogP contribution in [-0.2, 0) is 6.54 Å². The van der Waals surface area contributed by atoms with Crippen molar-refractivity contribution in [2.24, 2.45) is 0 Å². The highest BCUT2D eigenvalue weighted by atomic mass is 32.2. The van der Waals surface area contributed by atoms with Crippen molar-refractivity contribution in [3.63, 3.8) is 0 Å². The molecule has 0 radical (unpaired) electrons. The summed E-state index contributed by atoms with van der Waals surface area (Å²) in [7, 11) is 0. The van der Waals surface area contributed by atoms with Crippen molar-refractivity contribution in [3.8, 4) is 0 Å². The van der Waals surface area contributed by atoms with E-state index in [0.29, 0.717) is 29.2 Å². The Morgan fingerprint density at radius 3 is 2.79 bits per heavy atom. The summed E-state index contributed by atoms with van der Waals surface area (Å²) in [5.74, 6) is 0.680. The van der Waals surface area contributed by atoms with Gasteiger partial charge in [-0.3, -0.25) is 0 Å². The largest absolute Gasteiger partial charge is 0.407 e. The summed E-state index contributed by atoms with van der Waals surface area (Å²) < 4.78 is 5.97. The zero-order valence-corrected chi connectivity index (χ0v) is 12.3. The van der Waals surface area contributed by atoms with E-state index in [9.17, 15) is 0 Å². The molecule has 0 bridgehead atoms. The molecule has 19 heavy (non-hydrogen) atoms. The molecule has 3 rings (SSSR count). The van der Waals surface area contributed by atoms with Gasteiger partial charge in [0.25, 0.3) is 0 Å². The summed E-state index contributed by atoms with van der Waals surface area (Å²) in [6, 6.07) is 1.23. The van der Waals surface area contributed by atoms with Gasteiger partial charge < -0.3 is 15.1 Å². The highest BCUT2D eigenvalue weighted by Crippen LogP contribution is 2.40. The van der Waals surface area contributed by atoms with Crippen LogP contribution in [0.25, 0.3) is 0 Å². The van der Waals surface area contributed by atoms with Gasteiger partial charge in [0.2, 0.25) is 5.89 Å². The van der Waals surface area contributed by atoms with Gasteiger partial charge in [-0.15, -0.1) is 5.10 Å². The van der Waals surface area contributed by atoms with Crippen molar-refractivity contribution in [1.29, 1.82) is 0 Å². The Bertz CT molecular complexity index is 413. The number of aromatic nitrogens is 2. The van der Waals surface area contributed by atoms with Gasteiger partial charge in [0.1, 0.15) is 0 Å². The van der Waals surface area contributed by atoms with E-state index in [1.165, 1.54) is 38.5 Å². The molecule has 5 nitrogen and oxygen atoms in total. The van der Waals surface area contributed by atoms with Crippen LogP contribution in [0.4, 0.5) is 6.01 Å². The van der Waals surface area contributed by atoms with E-state index < -0.39 is 0 Å². The maximum atomic E-state index is 5.61. The molecule has 1 aromatic rings. The van der Waals surface area contributed by atoms with Crippen molar-refractivity contribution in [2.75, 3.05) is 18.1 Å². The second-order valence-electron chi connectivity index (χ2n) is 5.60. The first-order chi connectivity index (χ1) is 9.30. The molecule has 2 N–H and O–H groups in total. The maximum Gasteiger partial charge on any atom is 0.315 e. The highest BCUT2D eigenvalue weighted by Gasteiger charge is 2.33. The molecule has 2 aliphatic carbocycles. The van der Waals surface area contributed by atoms with E-state index in [1.54, 1.807) is 0 Å². The number of thioether (sulfide) groups is 1. The molecule has 0 unspecified atom stereocenters. The fourth-order valence-corrected chi connectivity index (χ4v) is 3.54. The van der Waals surface area contributed by atoms with Crippen molar-refractivity contribution in [1.82, 2.24) is 15.5 Å². The van der Waals surface area contributed by atoms with Crippen LogP contribution in [-0.4, -0.2) is 33.8 Å². The van der Waals surface area contributed by atoms with Crippen molar-refractivity contribution in [3.05, 3.63) is 5.89 Å². The van der Waals surface area contributed by atoms with Gasteiger partial charge in [0.05, 0.1) is 6.54 Å². The number of anilines is 1. The Labute approximate surface area is 118 Å². The third-order valence-corrected chi connectivity index (χ3v) is 5.51. The average Bonchev–Trinajstić information content (AvgIpc) is 2.97. The summed E-state index contributed by atoms with van der Waals surface area (Å²) in [6.07, 6.45) is 9.99. The smallest absolute Gasteiger partial charge is 0.315 e. The molecule has 106 valence electrons. The second kappa shape index (κ2) is 5.71. The van der Waals surface area contributed by atoms with Crippen LogP contribution in [0.1, 0.15) is 44.4 Å². The predicted molar refractivity (Wildman–Crippen MR) is 77.4 cm³/mol. The van der Waals surface area contributed by atoms with Crippen molar-refractivity contribution < 1.29 is 4.42 Å². The number of nitrogens with zero attached hydrogens (tertiary/aromatic N) is 2. The lowest BCUT2D eigenvalue weighted by Gasteiger charge is -2.26. The third kappa shape index (κ3) is 3.42. The molecule has 0 aromatic carbocycles. The molecule has 2 fully saturated rings. The first-order valence-electron chi connectivity index (χ1n) is 7.14. The maximum absolute atomic E-state index is 5.61. The lowest BCUT2D eigenvalue weighted by atomic mass is 10.1. The molecule has 0 amide bonds.